The molecular weight excluding hydrogens is 288 g/mol. The number of carbonyl (C=O) groups excluding carboxylic acids is 1. The molecule has 0 saturated carbocycles. The number of benzene rings is 2. The zero-order valence-corrected chi connectivity index (χ0v) is 13.4. The lowest BCUT2D eigenvalue weighted by molar-refractivity contribution is 0.0793. The highest BCUT2D eigenvalue weighted by Crippen LogP contribution is 2.27. The van der Waals surface area contributed by atoms with Crippen LogP contribution in [0.5, 0.6) is 5.75 Å². The first kappa shape index (κ1) is 15.4. The predicted octanol–water partition coefficient (Wildman–Crippen LogP) is 3.54. The third-order valence-electron chi connectivity index (χ3n) is 4.17. The van der Waals surface area contributed by atoms with Crippen LogP contribution in [0.4, 0.5) is 5.69 Å². The second-order valence-corrected chi connectivity index (χ2v) is 5.75. The molecule has 0 aliphatic carbocycles. The third kappa shape index (κ3) is 3.65. The van der Waals surface area contributed by atoms with Gasteiger partial charge in [-0.2, -0.15) is 0 Å². The number of methoxy groups -OCH3 is 1. The molecule has 0 radical (unpaired) electrons. The van der Waals surface area contributed by atoms with Crippen LogP contribution in [0.1, 0.15) is 28.8 Å². The first-order valence-corrected chi connectivity index (χ1v) is 8.03. The van der Waals surface area contributed by atoms with Gasteiger partial charge in [0.25, 0.3) is 5.91 Å². The van der Waals surface area contributed by atoms with Crippen molar-refractivity contribution in [3.05, 3.63) is 59.7 Å². The molecule has 4 nitrogen and oxygen atoms in total. The minimum absolute atomic E-state index is 0.105. The van der Waals surface area contributed by atoms with E-state index < -0.39 is 0 Å². The van der Waals surface area contributed by atoms with Gasteiger partial charge in [-0.3, -0.25) is 4.79 Å². The summed E-state index contributed by atoms with van der Waals surface area (Å²) in [7, 11) is 1.64. The van der Waals surface area contributed by atoms with Crippen LogP contribution in [0.15, 0.2) is 48.5 Å². The molecule has 1 heterocycles. The smallest absolute Gasteiger partial charge is 0.253 e. The summed E-state index contributed by atoms with van der Waals surface area (Å²) in [4.78, 5) is 14.4. The lowest BCUT2D eigenvalue weighted by Crippen LogP contribution is -2.27. The van der Waals surface area contributed by atoms with Crippen LogP contribution in [0.25, 0.3) is 0 Å². The van der Waals surface area contributed by atoms with Crippen LogP contribution in [0.2, 0.25) is 0 Å². The molecular formula is C19H22N2O2. The molecule has 120 valence electrons. The van der Waals surface area contributed by atoms with Gasteiger partial charge < -0.3 is 15.0 Å². The molecule has 1 aliphatic rings. The SMILES string of the molecule is COc1ccc(C(=O)N2CCCC2)cc1NCc1ccccc1. The Morgan fingerprint density at radius 3 is 2.57 bits per heavy atom. The molecule has 1 saturated heterocycles. The quantitative estimate of drug-likeness (QED) is 0.918. The summed E-state index contributed by atoms with van der Waals surface area (Å²) >= 11 is 0. The Balaban J connectivity index is 1.77. The standard InChI is InChI=1S/C19H22N2O2/c1-23-18-10-9-16(19(22)21-11-5-6-12-21)13-17(18)20-14-15-7-3-2-4-8-15/h2-4,7-10,13,20H,5-6,11-12,14H2,1H3. The van der Waals surface area contributed by atoms with Crippen molar-refractivity contribution in [2.45, 2.75) is 19.4 Å². The van der Waals surface area contributed by atoms with Crippen molar-refractivity contribution in [1.29, 1.82) is 0 Å². The van der Waals surface area contributed by atoms with E-state index in [1.54, 1.807) is 7.11 Å². The largest absolute Gasteiger partial charge is 0.495 e. The molecule has 0 spiro atoms. The number of hydrogen-bond acceptors (Lipinski definition) is 3. The first-order chi connectivity index (χ1) is 11.3. The first-order valence-electron chi connectivity index (χ1n) is 8.03. The molecule has 1 amide bonds. The number of anilines is 1. The van der Waals surface area contributed by atoms with Crippen LogP contribution in [0.3, 0.4) is 0 Å². The van der Waals surface area contributed by atoms with E-state index in [0.717, 1.165) is 37.4 Å². The Morgan fingerprint density at radius 1 is 1.13 bits per heavy atom. The molecule has 4 heteroatoms. The van der Waals surface area contributed by atoms with Crippen molar-refractivity contribution in [3.63, 3.8) is 0 Å². The Hall–Kier alpha value is -2.49. The molecule has 23 heavy (non-hydrogen) atoms. The van der Waals surface area contributed by atoms with Crippen molar-refractivity contribution in [2.75, 3.05) is 25.5 Å². The van der Waals surface area contributed by atoms with Crippen LogP contribution in [-0.2, 0) is 6.54 Å². The maximum Gasteiger partial charge on any atom is 0.253 e. The van der Waals surface area contributed by atoms with Gasteiger partial charge >= 0.3 is 0 Å². The molecule has 1 aliphatic heterocycles. The Labute approximate surface area is 137 Å². The van der Waals surface area contributed by atoms with E-state index in [2.05, 4.69) is 17.4 Å². The van der Waals surface area contributed by atoms with Crippen LogP contribution < -0.4 is 10.1 Å². The zero-order chi connectivity index (χ0) is 16.1. The molecule has 1 N–H and O–H groups in total. The normalized spacial score (nSPS) is 13.9. The summed E-state index contributed by atoms with van der Waals surface area (Å²) in [6, 6.07) is 15.8. The fourth-order valence-corrected chi connectivity index (χ4v) is 2.88. The summed E-state index contributed by atoms with van der Waals surface area (Å²) in [6.45, 7) is 2.41. The van der Waals surface area contributed by atoms with Crippen molar-refractivity contribution in [1.82, 2.24) is 4.90 Å². The number of nitrogens with one attached hydrogen (secondary N) is 1. The van der Waals surface area contributed by atoms with Crippen molar-refractivity contribution in [2.24, 2.45) is 0 Å². The number of ether oxygens (including phenoxy) is 1. The molecule has 0 aromatic heterocycles. The maximum atomic E-state index is 12.5. The summed E-state index contributed by atoms with van der Waals surface area (Å²) in [5.41, 5.74) is 2.75. The molecule has 2 aromatic carbocycles. The number of amides is 1. The highest BCUT2D eigenvalue weighted by molar-refractivity contribution is 5.95. The van der Waals surface area contributed by atoms with Gasteiger partial charge in [-0.15, -0.1) is 0 Å². The molecule has 3 rings (SSSR count). The Morgan fingerprint density at radius 2 is 1.87 bits per heavy atom. The van der Waals surface area contributed by atoms with Crippen LogP contribution >= 0.6 is 0 Å². The third-order valence-corrected chi connectivity index (χ3v) is 4.17. The minimum Gasteiger partial charge on any atom is -0.495 e. The zero-order valence-electron chi connectivity index (χ0n) is 13.4. The summed E-state index contributed by atoms with van der Waals surface area (Å²) < 4.78 is 5.41. The summed E-state index contributed by atoms with van der Waals surface area (Å²) in [5, 5.41) is 3.37. The van der Waals surface area contributed by atoms with E-state index >= 15 is 0 Å². The minimum atomic E-state index is 0.105. The maximum absolute atomic E-state index is 12.5. The summed E-state index contributed by atoms with van der Waals surface area (Å²) in [5.74, 6) is 0.854. The van der Waals surface area contributed by atoms with Gasteiger partial charge in [-0.1, -0.05) is 30.3 Å². The molecule has 1 fully saturated rings. The lowest BCUT2D eigenvalue weighted by Gasteiger charge is -2.17. The van der Waals surface area contributed by atoms with Gasteiger partial charge in [-0.05, 0) is 36.6 Å². The molecule has 0 atom stereocenters. The molecule has 0 bridgehead atoms. The molecule has 0 unspecified atom stereocenters. The van der Waals surface area contributed by atoms with Gasteiger partial charge in [0.1, 0.15) is 5.75 Å². The van der Waals surface area contributed by atoms with E-state index in [1.807, 2.05) is 41.3 Å². The van der Waals surface area contributed by atoms with E-state index in [9.17, 15) is 4.79 Å². The van der Waals surface area contributed by atoms with E-state index in [-0.39, 0.29) is 5.91 Å². The fourth-order valence-electron chi connectivity index (χ4n) is 2.88. The van der Waals surface area contributed by atoms with Gasteiger partial charge in [0, 0.05) is 25.2 Å². The fraction of sp³-hybridized carbons (Fsp3) is 0.316. The summed E-state index contributed by atoms with van der Waals surface area (Å²) in [6.07, 6.45) is 2.20. The van der Waals surface area contributed by atoms with Gasteiger partial charge in [0.2, 0.25) is 0 Å². The lowest BCUT2D eigenvalue weighted by atomic mass is 10.1. The average Bonchev–Trinajstić information content (AvgIpc) is 3.14. The monoisotopic (exact) mass is 310 g/mol. The number of rotatable bonds is 5. The Kier molecular flexibility index (Phi) is 4.81. The topological polar surface area (TPSA) is 41.6 Å². The predicted molar refractivity (Wildman–Crippen MR) is 91.9 cm³/mol. The van der Waals surface area contributed by atoms with Crippen LogP contribution in [-0.4, -0.2) is 31.0 Å². The second kappa shape index (κ2) is 7.18. The van der Waals surface area contributed by atoms with Crippen molar-refractivity contribution in [3.8, 4) is 5.75 Å². The van der Waals surface area contributed by atoms with Crippen molar-refractivity contribution >= 4 is 11.6 Å². The van der Waals surface area contributed by atoms with E-state index in [4.69, 9.17) is 4.74 Å². The van der Waals surface area contributed by atoms with E-state index in [0.29, 0.717) is 12.1 Å². The van der Waals surface area contributed by atoms with Gasteiger partial charge in [0.15, 0.2) is 0 Å². The number of carbonyl (C=O) groups is 1. The molecule has 2 aromatic rings. The highest BCUT2D eigenvalue weighted by atomic mass is 16.5. The van der Waals surface area contributed by atoms with Crippen LogP contribution in [0, 0.1) is 0 Å². The second-order valence-electron chi connectivity index (χ2n) is 5.75. The van der Waals surface area contributed by atoms with Crippen molar-refractivity contribution < 1.29 is 9.53 Å². The van der Waals surface area contributed by atoms with Gasteiger partial charge in [0.05, 0.1) is 12.8 Å². The number of likely N-dealkylation sites (tertiary alicyclic amines) is 1. The average molecular weight is 310 g/mol. The highest BCUT2D eigenvalue weighted by Gasteiger charge is 2.20. The van der Waals surface area contributed by atoms with Gasteiger partial charge in [-0.25, -0.2) is 0 Å². The Bertz CT molecular complexity index is 664. The number of nitrogens with zero attached hydrogens (tertiary/aromatic N) is 1. The van der Waals surface area contributed by atoms with E-state index in [1.165, 1.54) is 5.56 Å². The number of hydrogen-bond donors (Lipinski definition) is 1.